The van der Waals surface area contributed by atoms with Crippen LogP contribution in [0.3, 0.4) is 0 Å². The molecular formula is C27H27N3O4. The normalized spacial score (nSPS) is 10.8. The average Bonchev–Trinajstić information content (AvgIpc) is 2.84. The second-order valence-electron chi connectivity index (χ2n) is 8.01. The Morgan fingerprint density at radius 3 is 2.47 bits per heavy atom. The van der Waals surface area contributed by atoms with Crippen molar-refractivity contribution in [1.29, 1.82) is 0 Å². The molecule has 0 aliphatic rings. The van der Waals surface area contributed by atoms with E-state index in [9.17, 15) is 9.59 Å². The summed E-state index contributed by atoms with van der Waals surface area (Å²) in [6, 6.07) is 18.4. The number of hydrogen-bond acceptors (Lipinski definition) is 5. The lowest BCUT2D eigenvalue weighted by Gasteiger charge is -2.13. The highest BCUT2D eigenvalue weighted by Crippen LogP contribution is 2.27. The third-order valence-electron chi connectivity index (χ3n) is 5.80. The van der Waals surface area contributed by atoms with E-state index in [0.29, 0.717) is 46.8 Å². The molecule has 3 aromatic carbocycles. The van der Waals surface area contributed by atoms with Crippen LogP contribution in [0.2, 0.25) is 0 Å². The molecule has 1 aromatic heterocycles. The summed E-state index contributed by atoms with van der Waals surface area (Å²) in [4.78, 5) is 30.6. The van der Waals surface area contributed by atoms with E-state index in [0.717, 1.165) is 16.8 Å². The molecule has 0 bridgehead atoms. The smallest absolute Gasteiger partial charge is 0.265 e. The van der Waals surface area contributed by atoms with Crippen molar-refractivity contribution in [2.75, 3.05) is 20.8 Å². The molecule has 0 aliphatic heterocycles. The Hall–Kier alpha value is -4.13. The number of fused-ring (bicyclic) bond motifs is 1. The van der Waals surface area contributed by atoms with Crippen LogP contribution in [0.1, 0.15) is 27.3 Å². The van der Waals surface area contributed by atoms with Gasteiger partial charge in [0.25, 0.3) is 11.5 Å². The number of amides is 1. The van der Waals surface area contributed by atoms with Gasteiger partial charge in [-0.05, 0) is 67.8 Å². The summed E-state index contributed by atoms with van der Waals surface area (Å²) < 4.78 is 12.2. The topological polar surface area (TPSA) is 82.5 Å². The zero-order valence-corrected chi connectivity index (χ0v) is 19.7. The number of hydrogen-bond donors (Lipinski definition) is 1. The highest BCUT2D eigenvalue weighted by molar-refractivity contribution is 5.97. The van der Waals surface area contributed by atoms with E-state index in [-0.39, 0.29) is 11.5 Å². The molecule has 7 nitrogen and oxygen atoms in total. The Labute approximate surface area is 198 Å². The lowest BCUT2D eigenvalue weighted by Crippen LogP contribution is -2.26. The van der Waals surface area contributed by atoms with Crippen LogP contribution >= 0.6 is 0 Å². The van der Waals surface area contributed by atoms with E-state index in [1.807, 2.05) is 49.4 Å². The number of rotatable bonds is 7. The molecule has 34 heavy (non-hydrogen) atoms. The van der Waals surface area contributed by atoms with Crippen LogP contribution in [0.25, 0.3) is 16.6 Å². The van der Waals surface area contributed by atoms with Gasteiger partial charge < -0.3 is 14.8 Å². The van der Waals surface area contributed by atoms with Gasteiger partial charge in [-0.2, -0.15) is 0 Å². The number of benzene rings is 3. The number of carbonyl (C=O) groups is 1. The van der Waals surface area contributed by atoms with Crippen molar-refractivity contribution in [1.82, 2.24) is 14.9 Å². The molecule has 0 aliphatic carbocycles. The molecule has 0 saturated heterocycles. The minimum atomic E-state index is -0.218. The van der Waals surface area contributed by atoms with Crippen molar-refractivity contribution < 1.29 is 14.3 Å². The van der Waals surface area contributed by atoms with Crippen molar-refractivity contribution in [2.45, 2.75) is 20.3 Å². The molecule has 1 N–H and O–H groups in total. The molecule has 4 aromatic rings. The van der Waals surface area contributed by atoms with E-state index in [1.54, 1.807) is 43.9 Å². The molecule has 4 rings (SSSR count). The van der Waals surface area contributed by atoms with Crippen molar-refractivity contribution in [2.24, 2.45) is 0 Å². The lowest BCUT2D eigenvalue weighted by atomic mass is 10.1. The SMILES string of the molecule is COc1ccc(CCNC(=O)c2ccc3c(=O)n(-c4ccccc4C)c(C)nc3c2)cc1OC. The second-order valence-corrected chi connectivity index (χ2v) is 8.01. The van der Waals surface area contributed by atoms with Gasteiger partial charge in [0.15, 0.2) is 11.5 Å². The molecule has 0 fully saturated rings. The summed E-state index contributed by atoms with van der Waals surface area (Å²) in [6.45, 7) is 4.21. The van der Waals surface area contributed by atoms with Gasteiger partial charge in [0.05, 0.1) is 30.8 Å². The Morgan fingerprint density at radius 2 is 1.74 bits per heavy atom. The van der Waals surface area contributed by atoms with Crippen molar-refractivity contribution in [3.05, 3.63) is 93.5 Å². The largest absolute Gasteiger partial charge is 0.493 e. The molecule has 1 heterocycles. The van der Waals surface area contributed by atoms with Crippen LogP contribution < -0.4 is 20.3 Å². The van der Waals surface area contributed by atoms with Gasteiger partial charge in [-0.1, -0.05) is 24.3 Å². The van der Waals surface area contributed by atoms with E-state index in [1.165, 1.54) is 0 Å². The van der Waals surface area contributed by atoms with Gasteiger partial charge in [-0.3, -0.25) is 14.2 Å². The number of nitrogens with zero attached hydrogens (tertiary/aromatic N) is 2. The fourth-order valence-corrected chi connectivity index (χ4v) is 3.99. The van der Waals surface area contributed by atoms with Crippen molar-refractivity contribution in [3.63, 3.8) is 0 Å². The first-order valence-electron chi connectivity index (χ1n) is 11.0. The predicted molar refractivity (Wildman–Crippen MR) is 132 cm³/mol. The summed E-state index contributed by atoms with van der Waals surface area (Å²) in [5, 5.41) is 3.40. The van der Waals surface area contributed by atoms with E-state index in [2.05, 4.69) is 10.3 Å². The van der Waals surface area contributed by atoms with Crippen LogP contribution in [0, 0.1) is 13.8 Å². The predicted octanol–water partition coefficient (Wildman–Crippen LogP) is 3.99. The maximum Gasteiger partial charge on any atom is 0.265 e. The zero-order chi connectivity index (χ0) is 24.2. The molecule has 0 spiro atoms. The van der Waals surface area contributed by atoms with E-state index < -0.39 is 0 Å². The monoisotopic (exact) mass is 457 g/mol. The maximum atomic E-state index is 13.2. The number of ether oxygens (including phenoxy) is 2. The number of para-hydroxylation sites is 1. The van der Waals surface area contributed by atoms with E-state index >= 15 is 0 Å². The molecule has 0 radical (unpaired) electrons. The minimum absolute atomic E-state index is 0.155. The molecule has 0 atom stereocenters. The summed E-state index contributed by atoms with van der Waals surface area (Å²) in [7, 11) is 3.18. The number of aryl methyl sites for hydroxylation is 2. The van der Waals surface area contributed by atoms with Gasteiger partial charge in [-0.25, -0.2) is 4.98 Å². The Bertz CT molecular complexity index is 1430. The van der Waals surface area contributed by atoms with Crippen molar-refractivity contribution in [3.8, 4) is 17.2 Å². The minimum Gasteiger partial charge on any atom is -0.493 e. The fraction of sp³-hybridized carbons (Fsp3) is 0.222. The summed E-state index contributed by atoms with van der Waals surface area (Å²) in [5.41, 5.74) is 3.61. The van der Waals surface area contributed by atoms with Crippen LogP contribution in [0.5, 0.6) is 11.5 Å². The van der Waals surface area contributed by atoms with Crippen molar-refractivity contribution >= 4 is 16.8 Å². The zero-order valence-electron chi connectivity index (χ0n) is 19.7. The molecule has 0 saturated carbocycles. The van der Waals surface area contributed by atoms with Crippen LogP contribution in [-0.2, 0) is 6.42 Å². The first-order chi connectivity index (χ1) is 16.4. The Morgan fingerprint density at radius 1 is 0.971 bits per heavy atom. The van der Waals surface area contributed by atoms with Gasteiger partial charge in [0, 0.05) is 12.1 Å². The average molecular weight is 458 g/mol. The number of methoxy groups -OCH3 is 2. The molecule has 0 unspecified atom stereocenters. The summed E-state index contributed by atoms with van der Waals surface area (Å²) in [5.74, 6) is 1.66. The molecule has 1 amide bonds. The van der Waals surface area contributed by atoms with Crippen LogP contribution in [0.4, 0.5) is 0 Å². The van der Waals surface area contributed by atoms with Gasteiger partial charge in [0.2, 0.25) is 0 Å². The standard InChI is InChI=1S/C27H27N3O4/c1-17-7-5-6-8-23(17)30-18(2)29-22-16-20(10-11-21(22)27(30)32)26(31)28-14-13-19-9-12-24(33-3)25(15-19)34-4/h5-12,15-16H,13-14H2,1-4H3,(H,28,31). The van der Waals surface area contributed by atoms with Gasteiger partial charge in [0.1, 0.15) is 5.82 Å². The fourth-order valence-electron chi connectivity index (χ4n) is 3.99. The Balaban J connectivity index is 1.53. The first-order valence-corrected chi connectivity index (χ1v) is 11.0. The Kier molecular flexibility index (Phi) is 6.63. The third kappa shape index (κ3) is 4.50. The summed E-state index contributed by atoms with van der Waals surface area (Å²) >= 11 is 0. The second kappa shape index (κ2) is 9.79. The van der Waals surface area contributed by atoms with Gasteiger partial charge in [-0.15, -0.1) is 0 Å². The maximum absolute atomic E-state index is 13.2. The highest BCUT2D eigenvalue weighted by Gasteiger charge is 2.14. The van der Waals surface area contributed by atoms with Crippen LogP contribution in [0.15, 0.2) is 65.5 Å². The highest BCUT2D eigenvalue weighted by atomic mass is 16.5. The third-order valence-corrected chi connectivity index (χ3v) is 5.80. The van der Waals surface area contributed by atoms with Gasteiger partial charge >= 0.3 is 0 Å². The number of aromatic nitrogens is 2. The first kappa shape index (κ1) is 23.0. The summed E-state index contributed by atoms with van der Waals surface area (Å²) in [6.07, 6.45) is 0.637. The molecule has 174 valence electrons. The number of nitrogens with one attached hydrogen (secondary N) is 1. The van der Waals surface area contributed by atoms with Crippen LogP contribution in [-0.4, -0.2) is 36.2 Å². The molecular weight excluding hydrogens is 430 g/mol. The molecule has 7 heteroatoms. The van der Waals surface area contributed by atoms with E-state index in [4.69, 9.17) is 9.47 Å². The lowest BCUT2D eigenvalue weighted by molar-refractivity contribution is 0.0954. The number of carbonyl (C=O) groups excluding carboxylic acids is 1. The quantitative estimate of drug-likeness (QED) is 0.454.